The van der Waals surface area contributed by atoms with E-state index in [-0.39, 0.29) is 11.9 Å². The predicted octanol–water partition coefficient (Wildman–Crippen LogP) is 3.45. The molecule has 0 fully saturated rings. The zero-order valence-corrected chi connectivity index (χ0v) is 12.1. The summed E-state index contributed by atoms with van der Waals surface area (Å²) >= 11 is 1.62. The first-order chi connectivity index (χ1) is 9.10. The summed E-state index contributed by atoms with van der Waals surface area (Å²) in [6.45, 7) is 4.62. The van der Waals surface area contributed by atoms with Crippen molar-refractivity contribution in [2.24, 2.45) is 0 Å². The fraction of sp³-hybridized carbons (Fsp3) is 0.357. The van der Waals surface area contributed by atoms with Gasteiger partial charge in [-0.2, -0.15) is 0 Å². The highest BCUT2D eigenvalue weighted by atomic mass is 32.1. The Kier molecular flexibility index (Phi) is 4.50. The van der Waals surface area contributed by atoms with Gasteiger partial charge in [-0.1, -0.05) is 0 Å². The van der Waals surface area contributed by atoms with Crippen molar-refractivity contribution < 1.29 is 9.13 Å². The average molecular weight is 280 g/mol. The molecular weight excluding hydrogens is 263 g/mol. The topological polar surface area (TPSA) is 34.1 Å². The first kappa shape index (κ1) is 14.0. The molecular formula is C14H17FN2OS. The molecule has 1 N–H and O–H groups in total. The van der Waals surface area contributed by atoms with Gasteiger partial charge in [-0.25, -0.2) is 9.37 Å². The molecule has 0 saturated heterocycles. The van der Waals surface area contributed by atoms with Crippen molar-refractivity contribution >= 4 is 11.3 Å². The number of rotatable bonds is 5. The van der Waals surface area contributed by atoms with Gasteiger partial charge in [0.15, 0.2) is 0 Å². The van der Waals surface area contributed by atoms with E-state index < -0.39 is 0 Å². The lowest BCUT2D eigenvalue weighted by Crippen LogP contribution is -2.18. The third-order valence-electron chi connectivity index (χ3n) is 2.88. The molecule has 0 amide bonds. The number of benzene rings is 1. The number of nitrogens with zero attached hydrogens (tertiary/aromatic N) is 1. The normalized spacial score (nSPS) is 12.4. The van der Waals surface area contributed by atoms with Gasteiger partial charge in [0.25, 0.3) is 0 Å². The number of nitrogens with one attached hydrogen (secondary N) is 1. The Morgan fingerprint density at radius 3 is 2.89 bits per heavy atom. The first-order valence-corrected chi connectivity index (χ1v) is 6.96. The minimum Gasteiger partial charge on any atom is -0.496 e. The van der Waals surface area contributed by atoms with Crippen LogP contribution in [0.4, 0.5) is 4.39 Å². The molecule has 0 aliphatic rings. The molecule has 0 bridgehead atoms. The second kappa shape index (κ2) is 6.12. The largest absolute Gasteiger partial charge is 0.496 e. The van der Waals surface area contributed by atoms with Gasteiger partial charge in [-0.3, -0.25) is 0 Å². The summed E-state index contributed by atoms with van der Waals surface area (Å²) in [6, 6.07) is 4.55. The van der Waals surface area contributed by atoms with Crippen molar-refractivity contribution in [1.29, 1.82) is 0 Å². The van der Waals surface area contributed by atoms with E-state index in [0.29, 0.717) is 12.3 Å². The minimum absolute atomic E-state index is 0.00476. The lowest BCUT2D eigenvalue weighted by atomic mass is 10.1. The Balaban J connectivity index is 2.06. The van der Waals surface area contributed by atoms with Gasteiger partial charge >= 0.3 is 0 Å². The van der Waals surface area contributed by atoms with Crippen molar-refractivity contribution in [3.63, 3.8) is 0 Å². The summed E-state index contributed by atoms with van der Waals surface area (Å²) in [7, 11) is 1.59. The molecule has 1 atom stereocenters. The molecule has 1 aromatic carbocycles. The van der Waals surface area contributed by atoms with E-state index in [2.05, 4.69) is 10.3 Å². The second-order valence-electron chi connectivity index (χ2n) is 4.37. The Bertz CT molecular complexity index is 556. The lowest BCUT2D eigenvalue weighted by molar-refractivity contribution is 0.399. The molecule has 5 heteroatoms. The van der Waals surface area contributed by atoms with Crippen LogP contribution in [-0.4, -0.2) is 12.1 Å². The molecule has 0 spiro atoms. The Hall–Kier alpha value is -1.46. The van der Waals surface area contributed by atoms with Crippen LogP contribution in [0.2, 0.25) is 0 Å². The Labute approximate surface area is 116 Å². The van der Waals surface area contributed by atoms with Crippen LogP contribution in [0.15, 0.2) is 23.6 Å². The summed E-state index contributed by atoms with van der Waals surface area (Å²) in [4.78, 5) is 4.39. The van der Waals surface area contributed by atoms with Crippen molar-refractivity contribution in [3.05, 3.63) is 45.7 Å². The molecule has 2 aromatic rings. The highest BCUT2D eigenvalue weighted by Gasteiger charge is 2.12. The van der Waals surface area contributed by atoms with E-state index in [9.17, 15) is 4.39 Å². The number of aryl methyl sites for hydroxylation is 1. The van der Waals surface area contributed by atoms with Crippen LogP contribution in [0, 0.1) is 12.7 Å². The van der Waals surface area contributed by atoms with Gasteiger partial charge in [-0.05, 0) is 32.0 Å². The molecule has 1 aromatic heterocycles. The maximum absolute atomic E-state index is 13.3. The molecule has 102 valence electrons. The van der Waals surface area contributed by atoms with Gasteiger partial charge < -0.3 is 10.1 Å². The maximum Gasteiger partial charge on any atom is 0.123 e. The van der Waals surface area contributed by atoms with Crippen molar-refractivity contribution in [2.75, 3.05) is 7.11 Å². The molecule has 1 unspecified atom stereocenters. The summed E-state index contributed by atoms with van der Waals surface area (Å²) in [5.41, 5.74) is 1.84. The lowest BCUT2D eigenvalue weighted by Gasteiger charge is -2.16. The zero-order chi connectivity index (χ0) is 13.8. The van der Waals surface area contributed by atoms with Gasteiger partial charge in [0.1, 0.15) is 16.6 Å². The van der Waals surface area contributed by atoms with Crippen molar-refractivity contribution in [1.82, 2.24) is 10.3 Å². The summed E-state index contributed by atoms with van der Waals surface area (Å²) in [5.74, 6) is 0.436. The number of hydrogen-bond acceptors (Lipinski definition) is 4. The molecule has 19 heavy (non-hydrogen) atoms. The van der Waals surface area contributed by atoms with E-state index in [1.54, 1.807) is 24.5 Å². The van der Waals surface area contributed by atoms with Crippen LogP contribution in [0.3, 0.4) is 0 Å². The highest BCUT2D eigenvalue weighted by Crippen LogP contribution is 2.26. The van der Waals surface area contributed by atoms with Crippen LogP contribution in [0.1, 0.15) is 29.2 Å². The molecule has 1 heterocycles. The Morgan fingerprint density at radius 2 is 2.26 bits per heavy atom. The van der Waals surface area contributed by atoms with Gasteiger partial charge in [0, 0.05) is 29.2 Å². The van der Waals surface area contributed by atoms with Crippen LogP contribution in [0.25, 0.3) is 0 Å². The fourth-order valence-corrected chi connectivity index (χ4v) is 2.60. The van der Waals surface area contributed by atoms with E-state index in [1.165, 1.54) is 12.1 Å². The van der Waals surface area contributed by atoms with Crippen LogP contribution >= 0.6 is 11.3 Å². The number of halogens is 1. The number of methoxy groups -OCH3 is 1. The number of aromatic nitrogens is 1. The van der Waals surface area contributed by atoms with Crippen LogP contribution in [-0.2, 0) is 6.54 Å². The third kappa shape index (κ3) is 3.52. The van der Waals surface area contributed by atoms with E-state index in [0.717, 1.165) is 16.3 Å². The Morgan fingerprint density at radius 1 is 1.47 bits per heavy atom. The summed E-state index contributed by atoms with van der Waals surface area (Å²) in [5, 5.41) is 6.38. The smallest absolute Gasteiger partial charge is 0.123 e. The van der Waals surface area contributed by atoms with Crippen molar-refractivity contribution in [2.45, 2.75) is 26.4 Å². The van der Waals surface area contributed by atoms with Gasteiger partial charge in [0.05, 0.1) is 7.11 Å². The van der Waals surface area contributed by atoms with Crippen LogP contribution in [0.5, 0.6) is 5.75 Å². The van der Waals surface area contributed by atoms with Gasteiger partial charge in [0.2, 0.25) is 0 Å². The molecule has 0 radical (unpaired) electrons. The van der Waals surface area contributed by atoms with E-state index in [4.69, 9.17) is 4.74 Å². The zero-order valence-electron chi connectivity index (χ0n) is 11.2. The summed E-state index contributed by atoms with van der Waals surface area (Å²) in [6.07, 6.45) is 0. The third-order valence-corrected chi connectivity index (χ3v) is 3.85. The molecule has 0 aliphatic carbocycles. The molecule has 2 rings (SSSR count). The number of thiazole rings is 1. The van der Waals surface area contributed by atoms with Crippen LogP contribution < -0.4 is 10.1 Å². The van der Waals surface area contributed by atoms with Crippen molar-refractivity contribution in [3.8, 4) is 5.75 Å². The standard InChI is InChI=1S/C14H17FN2OS/c1-9-8-19-14(17-9)7-16-10(2)12-6-11(15)4-5-13(12)18-3/h4-6,8,10,16H,7H2,1-3H3. The maximum atomic E-state index is 13.3. The molecule has 0 saturated carbocycles. The highest BCUT2D eigenvalue weighted by molar-refractivity contribution is 7.09. The fourth-order valence-electron chi connectivity index (χ4n) is 1.88. The average Bonchev–Trinajstić information content (AvgIpc) is 2.81. The summed E-state index contributed by atoms with van der Waals surface area (Å²) < 4.78 is 18.6. The first-order valence-electron chi connectivity index (χ1n) is 6.08. The van der Waals surface area contributed by atoms with E-state index in [1.807, 2.05) is 19.2 Å². The number of ether oxygens (including phenoxy) is 1. The molecule has 0 aliphatic heterocycles. The van der Waals surface area contributed by atoms with Gasteiger partial charge in [-0.15, -0.1) is 11.3 Å². The predicted molar refractivity (Wildman–Crippen MR) is 75.1 cm³/mol. The monoisotopic (exact) mass is 280 g/mol. The second-order valence-corrected chi connectivity index (χ2v) is 5.31. The van der Waals surface area contributed by atoms with E-state index >= 15 is 0 Å². The molecule has 3 nitrogen and oxygen atoms in total. The number of hydrogen-bond donors (Lipinski definition) is 1. The quantitative estimate of drug-likeness (QED) is 0.911. The minimum atomic E-state index is -0.255. The SMILES string of the molecule is COc1ccc(F)cc1C(C)NCc1nc(C)cs1.